The van der Waals surface area contributed by atoms with Crippen molar-refractivity contribution in [2.75, 3.05) is 6.61 Å². The molecule has 0 saturated heterocycles. The van der Waals surface area contributed by atoms with Crippen LogP contribution in [0.15, 0.2) is 35.4 Å². The summed E-state index contributed by atoms with van der Waals surface area (Å²) < 4.78 is 13.0. The van der Waals surface area contributed by atoms with Crippen LogP contribution in [-0.2, 0) is 11.3 Å². The second kappa shape index (κ2) is 9.83. The van der Waals surface area contributed by atoms with Gasteiger partial charge in [0.15, 0.2) is 0 Å². The lowest BCUT2D eigenvalue weighted by molar-refractivity contribution is 0.0216. The van der Waals surface area contributed by atoms with Crippen molar-refractivity contribution in [2.24, 2.45) is 0 Å². The standard InChI is InChI=1S/C23H25ClN2O4S/c1-15-19-21(31-20(15)23(28)30-18-6-3-2-4-7-18)25-14-26(22(19)27)12-5-13-29-17-10-8-16(24)9-11-17/h8-11,14,18H,2-7,12-13H2,1H3. The highest BCUT2D eigenvalue weighted by Crippen LogP contribution is 2.29. The van der Waals surface area contributed by atoms with Crippen LogP contribution in [0, 0.1) is 6.92 Å². The van der Waals surface area contributed by atoms with Crippen molar-refractivity contribution in [1.82, 2.24) is 9.55 Å². The molecule has 0 amide bonds. The predicted molar refractivity (Wildman–Crippen MR) is 122 cm³/mol. The summed E-state index contributed by atoms with van der Waals surface area (Å²) in [4.78, 5) is 31.2. The summed E-state index contributed by atoms with van der Waals surface area (Å²) in [5.41, 5.74) is 0.520. The number of nitrogens with zero attached hydrogens (tertiary/aromatic N) is 2. The molecule has 1 fully saturated rings. The Labute approximate surface area is 189 Å². The molecule has 2 aromatic heterocycles. The number of rotatable bonds is 7. The van der Waals surface area contributed by atoms with Crippen LogP contribution in [0.5, 0.6) is 5.75 Å². The molecule has 4 rings (SSSR count). The maximum absolute atomic E-state index is 13.0. The van der Waals surface area contributed by atoms with Crippen LogP contribution >= 0.6 is 22.9 Å². The van der Waals surface area contributed by atoms with Crippen molar-refractivity contribution in [3.05, 3.63) is 56.4 Å². The van der Waals surface area contributed by atoms with E-state index in [4.69, 9.17) is 21.1 Å². The van der Waals surface area contributed by atoms with Crippen molar-refractivity contribution in [3.63, 3.8) is 0 Å². The van der Waals surface area contributed by atoms with E-state index in [2.05, 4.69) is 4.98 Å². The molecule has 1 aromatic carbocycles. The Kier molecular flexibility index (Phi) is 6.92. The van der Waals surface area contributed by atoms with Gasteiger partial charge in [0.1, 0.15) is 21.6 Å². The van der Waals surface area contributed by atoms with Gasteiger partial charge in [0, 0.05) is 11.6 Å². The number of carbonyl (C=O) groups is 1. The zero-order valence-electron chi connectivity index (χ0n) is 17.4. The molecule has 0 N–H and O–H groups in total. The van der Waals surface area contributed by atoms with E-state index in [0.717, 1.165) is 31.4 Å². The third-order valence-electron chi connectivity index (χ3n) is 5.55. The van der Waals surface area contributed by atoms with E-state index >= 15 is 0 Å². The second-order valence-corrected chi connectivity index (χ2v) is 9.24. The highest BCUT2D eigenvalue weighted by Gasteiger charge is 2.24. The van der Waals surface area contributed by atoms with E-state index < -0.39 is 0 Å². The smallest absolute Gasteiger partial charge is 0.348 e. The summed E-state index contributed by atoms with van der Waals surface area (Å²) in [7, 11) is 0. The number of hydrogen-bond acceptors (Lipinski definition) is 6. The first-order chi connectivity index (χ1) is 15.0. The summed E-state index contributed by atoms with van der Waals surface area (Å²) in [6.45, 7) is 2.74. The van der Waals surface area contributed by atoms with Gasteiger partial charge in [0.25, 0.3) is 5.56 Å². The number of benzene rings is 1. The van der Waals surface area contributed by atoms with Crippen molar-refractivity contribution >= 4 is 39.1 Å². The third kappa shape index (κ3) is 5.10. The molecule has 2 heterocycles. The highest BCUT2D eigenvalue weighted by molar-refractivity contribution is 7.20. The number of hydrogen-bond donors (Lipinski definition) is 0. The quantitative estimate of drug-likeness (QED) is 0.349. The van der Waals surface area contributed by atoms with Gasteiger partial charge < -0.3 is 9.47 Å². The molecule has 1 saturated carbocycles. The summed E-state index contributed by atoms with van der Waals surface area (Å²) in [5.74, 6) is 0.398. The summed E-state index contributed by atoms with van der Waals surface area (Å²) >= 11 is 7.11. The Morgan fingerprint density at radius 2 is 1.97 bits per heavy atom. The number of thiophene rings is 1. The average Bonchev–Trinajstić information content (AvgIpc) is 3.12. The first kappa shape index (κ1) is 21.8. The van der Waals surface area contributed by atoms with Gasteiger partial charge in [-0.25, -0.2) is 9.78 Å². The predicted octanol–water partition coefficient (Wildman–Crippen LogP) is 5.38. The minimum atomic E-state index is -0.338. The van der Waals surface area contributed by atoms with Gasteiger partial charge in [0.2, 0.25) is 0 Å². The number of aryl methyl sites for hydroxylation is 2. The monoisotopic (exact) mass is 460 g/mol. The lowest BCUT2D eigenvalue weighted by Gasteiger charge is -2.21. The van der Waals surface area contributed by atoms with Crippen LogP contribution < -0.4 is 10.3 Å². The summed E-state index contributed by atoms with van der Waals surface area (Å²) in [5, 5.41) is 1.16. The maximum Gasteiger partial charge on any atom is 0.348 e. The first-order valence-electron chi connectivity index (χ1n) is 10.6. The largest absolute Gasteiger partial charge is 0.494 e. The van der Waals surface area contributed by atoms with Gasteiger partial charge in [0.05, 0.1) is 18.3 Å². The SMILES string of the molecule is Cc1c(C(=O)OC2CCCCC2)sc2ncn(CCCOc3ccc(Cl)cc3)c(=O)c12. The minimum Gasteiger partial charge on any atom is -0.494 e. The molecule has 0 spiro atoms. The van der Waals surface area contributed by atoms with Gasteiger partial charge in [-0.05, 0) is 68.9 Å². The number of esters is 1. The van der Waals surface area contributed by atoms with E-state index in [1.807, 2.05) is 12.1 Å². The van der Waals surface area contributed by atoms with Gasteiger partial charge in [-0.15, -0.1) is 11.3 Å². The van der Waals surface area contributed by atoms with Crippen molar-refractivity contribution in [3.8, 4) is 5.75 Å². The second-order valence-electron chi connectivity index (χ2n) is 7.80. The molecule has 0 aliphatic heterocycles. The molecular formula is C23H25ClN2O4S. The van der Waals surface area contributed by atoms with Crippen LogP contribution in [0.4, 0.5) is 0 Å². The molecule has 0 radical (unpaired) electrons. The number of fused-ring (bicyclic) bond motifs is 1. The summed E-state index contributed by atoms with van der Waals surface area (Å²) in [6, 6.07) is 7.17. The fraction of sp³-hybridized carbons (Fsp3) is 0.435. The number of carbonyl (C=O) groups excluding carboxylic acids is 1. The minimum absolute atomic E-state index is 0.0175. The van der Waals surface area contributed by atoms with E-state index in [0.29, 0.717) is 45.3 Å². The van der Waals surface area contributed by atoms with E-state index in [9.17, 15) is 9.59 Å². The zero-order valence-corrected chi connectivity index (χ0v) is 19.0. The Bertz CT molecular complexity index is 1120. The molecule has 0 atom stereocenters. The van der Waals surface area contributed by atoms with Gasteiger partial charge in [-0.1, -0.05) is 18.0 Å². The van der Waals surface area contributed by atoms with Crippen LogP contribution in [-0.4, -0.2) is 28.2 Å². The van der Waals surface area contributed by atoms with Crippen molar-refractivity contribution in [1.29, 1.82) is 0 Å². The van der Waals surface area contributed by atoms with Gasteiger partial charge in [-0.2, -0.15) is 0 Å². The molecule has 0 bridgehead atoms. The van der Waals surface area contributed by atoms with Crippen molar-refractivity contribution in [2.45, 2.75) is 58.1 Å². The Morgan fingerprint density at radius 3 is 2.71 bits per heavy atom. The van der Waals surface area contributed by atoms with Crippen molar-refractivity contribution < 1.29 is 14.3 Å². The molecule has 164 valence electrons. The van der Waals surface area contributed by atoms with E-state index in [-0.39, 0.29) is 17.6 Å². The summed E-state index contributed by atoms with van der Waals surface area (Å²) in [6.07, 6.45) is 7.39. The van der Waals surface area contributed by atoms with Gasteiger partial charge >= 0.3 is 5.97 Å². The highest BCUT2D eigenvalue weighted by atomic mass is 35.5. The molecule has 3 aromatic rings. The van der Waals surface area contributed by atoms with E-state index in [1.165, 1.54) is 17.8 Å². The lowest BCUT2D eigenvalue weighted by atomic mass is 9.98. The van der Waals surface area contributed by atoms with Gasteiger partial charge in [-0.3, -0.25) is 9.36 Å². The molecule has 0 unspecified atom stereocenters. The number of aromatic nitrogens is 2. The van der Waals surface area contributed by atoms with Crippen LogP contribution in [0.3, 0.4) is 0 Å². The molecule has 6 nitrogen and oxygen atoms in total. The Hall–Kier alpha value is -2.38. The number of ether oxygens (including phenoxy) is 2. The lowest BCUT2D eigenvalue weighted by Crippen LogP contribution is -2.22. The molecule has 31 heavy (non-hydrogen) atoms. The van der Waals surface area contributed by atoms with Crippen LogP contribution in [0.1, 0.15) is 53.8 Å². The Balaban J connectivity index is 1.43. The maximum atomic E-state index is 13.0. The topological polar surface area (TPSA) is 70.4 Å². The molecule has 1 aliphatic carbocycles. The average molecular weight is 461 g/mol. The molecule has 8 heteroatoms. The first-order valence-corrected chi connectivity index (χ1v) is 11.8. The Morgan fingerprint density at radius 1 is 1.23 bits per heavy atom. The fourth-order valence-corrected chi connectivity index (χ4v) is 5.01. The van der Waals surface area contributed by atoms with Crippen LogP contribution in [0.2, 0.25) is 5.02 Å². The number of halogens is 1. The molecule has 1 aliphatic rings. The zero-order chi connectivity index (χ0) is 21.8. The normalized spacial score (nSPS) is 14.6. The van der Waals surface area contributed by atoms with E-state index in [1.54, 1.807) is 30.0 Å². The fourth-order valence-electron chi connectivity index (χ4n) is 3.86. The van der Waals surface area contributed by atoms with Crippen LogP contribution in [0.25, 0.3) is 10.2 Å². The molecular weight excluding hydrogens is 436 g/mol. The third-order valence-corrected chi connectivity index (χ3v) is 6.99.